The number of guanidine groups is 1. The molecule has 7 heteroatoms. The zero-order valence-electron chi connectivity index (χ0n) is 16.9. The van der Waals surface area contributed by atoms with Gasteiger partial charge in [0.05, 0.1) is 0 Å². The Morgan fingerprint density at radius 2 is 2.00 bits per heavy atom. The van der Waals surface area contributed by atoms with E-state index in [1.807, 2.05) is 31.3 Å². The van der Waals surface area contributed by atoms with Crippen molar-refractivity contribution in [3.05, 3.63) is 59.4 Å². The van der Waals surface area contributed by atoms with E-state index in [2.05, 4.69) is 63.0 Å². The molecule has 0 unspecified atom stereocenters. The number of rotatable bonds is 6. The smallest absolute Gasteiger partial charge is 0.191 e. The molecule has 2 aromatic heterocycles. The standard InChI is InChI=1S/C21H28N6.HI/c1-15-7-8-18-16(13-25-19(18)12-15)9-11-24-21(22-2)26-14-17-6-5-10-23-20(17)27(3)4;/h5-8,10,12-13,25H,9,11,14H2,1-4H3,(H2,22,24,26);1H. The fraction of sp³-hybridized carbons (Fsp3) is 0.333. The molecule has 0 amide bonds. The lowest BCUT2D eigenvalue weighted by atomic mass is 10.1. The number of pyridine rings is 1. The lowest BCUT2D eigenvalue weighted by Gasteiger charge is -2.17. The van der Waals surface area contributed by atoms with Gasteiger partial charge in [-0.3, -0.25) is 4.99 Å². The van der Waals surface area contributed by atoms with Crippen LogP contribution in [0.3, 0.4) is 0 Å². The number of aryl methyl sites for hydroxylation is 1. The Labute approximate surface area is 183 Å². The van der Waals surface area contributed by atoms with Crippen LogP contribution >= 0.6 is 24.0 Å². The van der Waals surface area contributed by atoms with Gasteiger partial charge in [0, 0.05) is 63.1 Å². The van der Waals surface area contributed by atoms with E-state index in [4.69, 9.17) is 0 Å². The molecule has 150 valence electrons. The summed E-state index contributed by atoms with van der Waals surface area (Å²) in [6, 6.07) is 10.6. The first kappa shape index (κ1) is 22.0. The summed E-state index contributed by atoms with van der Waals surface area (Å²) in [5.41, 5.74) is 4.92. The number of halogens is 1. The molecule has 1 aromatic carbocycles. The van der Waals surface area contributed by atoms with Crippen LogP contribution in [-0.2, 0) is 13.0 Å². The van der Waals surface area contributed by atoms with Gasteiger partial charge in [0.25, 0.3) is 0 Å². The van der Waals surface area contributed by atoms with Crippen LogP contribution in [0.4, 0.5) is 5.82 Å². The largest absolute Gasteiger partial charge is 0.362 e. The molecule has 6 nitrogen and oxygen atoms in total. The number of hydrogen-bond acceptors (Lipinski definition) is 3. The molecule has 0 aliphatic carbocycles. The summed E-state index contributed by atoms with van der Waals surface area (Å²) in [5.74, 6) is 1.76. The summed E-state index contributed by atoms with van der Waals surface area (Å²) in [6.07, 6.45) is 4.84. The van der Waals surface area contributed by atoms with E-state index in [0.29, 0.717) is 6.54 Å². The maximum Gasteiger partial charge on any atom is 0.191 e. The van der Waals surface area contributed by atoms with Crippen molar-refractivity contribution in [2.75, 3.05) is 32.6 Å². The van der Waals surface area contributed by atoms with E-state index in [1.165, 1.54) is 22.0 Å². The third-order valence-corrected chi connectivity index (χ3v) is 4.57. The number of aliphatic imine (C=N–C) groups is 1. The predicted octanol–water partition coefficient (Wildman–Crippen LogP) is 3.46. The summed E-state index contributed by atoms with van der Waals surface area (Å²) >= 11 is 0. The number of benzene rings is 1. The van der Waals surface area contributed by atoms with Gasteiger partial charge in [0.15, 0.2) is 5.96 Å². The molecule has 0 aliphatic heterocycles. The molecule has 3 N–H and O–H groups in total. The summed E-state index contributed by atoms with van der Waals surface area (Å²) in [7, 11) is 5.79. The highest BCUT2D eigenvalue weighted by atomic mass is 127. The van der Waals surface area contributed by atoms with Crippen LogP contribution in [0.25, 0.3) is 10.9 Å². The van der Waals surface area contributed by atoms with Crippen LogP contribution < -0.4 is 15.5 Å². The van der Waals surface area contributed by atoms with E-state index < -0.39 is 0 Å². The summed E-state index contributed by atoms with van der Waals surface area (Å²) in [6.45, 7) is 3.60. The lowest BCUT2D eigenvalue weighted by Crippen LogP contribution is -2.38. The van der Waals surface area contributed by atoms with Crippen molar-refractivity contribution in [1.82, 2.24) is 20.6 Å². The van der Waals surface area contributed by atoms with Crippen molar-refractivity contribution in [1.29, 1.82) is 0 Å². The normalized spacial score (nSPS) is 11.2. The highest BCUT2D eigenvalue weighted by molar-refractivity contribution is 14.0. The Morgan fingerprint density at radius 1 is 1.18 bits per heavy atom. The monoisotopic (exact) mass is 492 g/mol. The Hall–Kier alpha value is -2.29. The highest BCUT2D eigenvalue weighted by Crippen LogP contribution is 2.19. The van der Waals surface area contributed by atoms with Crippen molar-refractivity contribution in [2.45, 2.75) is 19.9 Å². The Morgan fingerprint density at radius 3 is 2.75 bits per heavy atom. The van der Waals surface area contributed by atoms with Gasteiger partial charge in [-0.2, -0.15) is 0 Å². The Kier molecular flexibility index (Phi) is 8.10. The maximum absolute atomic E-state index is 4.44. The first-order valence-electron chi connectivity index (χ1n) is 9.21. The summed E-state index contributed by atoms with van der Waals surface area (Å²) in [4.78, 5) is 14.1. The van der Waals surface area contributed by atoms with Gasteiger partial charge in [0.1, 0.15) is 5.82 Å². The molecule has 0 saturated heterocycles. The second-order valence-corrected chi connectivity index (χ2v) is 6.85. The number of aromatic amines is 1. The molecule has 28 heavy (non-hydrogen) atoms. The lowest BCUT2D eigenvalue weighted by molar-refractivity contribution is 0.793. The van der Waals surface area contributed by atoms with Gasteiger partial charge < -0.3 is 20.5 Å². The Balaban J connectivity index is 0.00000280. The van der Waals surface area contributed by atoms with Crippen molar-refractivity contribution in [2.24, 2.45) is 4.99 Å². The fourth-order valence-electron chi connectivity index (χ4n) is 3.19. The van der Waals surface area contributed by atoms with Crippen LogP contribution in [-0.4, -0.2) is 43.6 Å². The first-order valence-corrected chi connectivity index (χ1v) is 9.21. The number of H-pyrrole nitrogens is 1. The molecule has 0 radical (unpaired) electrons. The number of nitrogens with zero attached hydrogens (tertiary/aromatic N) is 3. The summed E-state index contributed by atoms with van der Waals surface area (Å²) < 4.78 is 0. The number of fused-ring (bicyclic) bond motifs is 1. The molecule has 0 saturated carbocycles. The van der Waals surface area contributed by atoms with Gasteiger partial charge in [0.2, 0.25) is 0 Å². The fourth-order valence-corrected chi connectivity index (χ4v) is 3.19. The molecule has 3 rings (SSSR count). The zero-order chi connectivity index (χ0) is 19.2. The quantitative estimate of drug-likeness (QED) is 0.280. The van der Waals surface area contributed by atoms with E-state index in [1.54, 1.807) is 7.05 Å². The molecular formula is C21H29IN6. The van der Waals surface area contributed by atoms with Gasteiger partial charge in [-0.05, 0) is 36.6 Å². The number of anilines is 1. The van der Waals surface area contributed by atoms with Crippen molar-refractivity contribution in [3.8, 4) is 0 Å². The third kappa shape index (κ3) is 5.37. The second-order valence-electron chi connectivity index (χ2n) is 6.85. The summed E-state index contributed by atoms with van der Waals surface area (Å²) in [5, 5.41) is 8.05. The average molecular weight is 492 g/mol. The number of aromatic nitrogens is 2. The average Bonchev–Trinajstić information content (AvgIpc) is 3.06. The topological polar surface area (TPSA) is 68.3 Å². The van der Waals surface area contributed by atoms with Gasteiger partial charge >= 0.3 is 0 Å². The number of nitrogens with one attached hydrogen (secondary N) is 3. The molecule has 0 atom stereocenters. The minimum atomic E-state index is 0. The van der Waals surface area contributed by atoms with Gasteiger partial charge in [-0.15, -0.1) is 24.0 Å². The zero-order valence-corrected chi connectivity index (χ0v) is 19.2. The molecule has 0 fully saturated rings. The van der Waals surface area contributed by atoms with Crippen LogP contribution in [0, 0.1) is 6.92 Å². The van der Waals surface area contributed by atoms with E-state index in [0.717, 1.165) is 30.3 Å². The van der Waals surface area contributed by atoms with E-state index in [-0.39, 0.29) is 24.0 Å². The number of hydrogen-bond donors (Lipinski definition) is 3. The maximum atomic E-state index is 4.44. The minimum Gasteiger partial charge on any atom is -0.362 e. The van der Waals surface area contributed by atoms with Crippen molar-refractivity contribution >= 4 is 46.7 Å². The van der Waals surface area contributed by atoms with Crippen molar-refractivity contribution in [3.63, 3.8) is 0 Å². The first-order chi connectivity index (χ1) is 13.1. The Bertz CT molecular complexity index is 932. The molecular weight excluding hydrogens is 463 g/mol. The molecule has 0 bridgehead atoms. The molecule has 0 spiro atoms. The second kappa shape index (κ2) is 10.3. The van der Waals surface area contributed by atoms with E-state index >= 15 is 0 Å². The minimum absolute atomic E-state index is 0. The van der Waals surface area contributed by atoms with Crippen LogP contribution in [0.1, 0.15) is 16.7 Å². The van der Waals surface area contributed by atoms with E-state index in [9.17, 15) is 0 Å². The van der Waals surface area contributed by atoms with Crippen LogP contribution in [0.15, 0.2) is 47.7 Å². The van der Waals surface area contributed by atoms with Gasteiger partial charge in [-0.25, -0.2) is 4.98 Å². The van der Waals surface area contributed by atoms with Crippen LogP contribution in [0.2, 0.25) is 0 Å². The van der Waals surface area contributed by atoms with Gasteiger partial charge in [-0.1, -0.05) is 18.2 Å². The third-order valence-electron chi connectivity index (χ3n) is 4.57. The predicted molar refractivity (Wildman–Crippen MR) is 129 cm³/mol. The highest BCUT2D eigenvalue weighted by Gasteiger charge is 2.07. The molecule has 2 heterocycles. The van der Waals surface area contributed by atoms with Crippen molar-refractivity contribution < 1.29 is 0 Å². The molecule has 0 aliphatic rings. The SMILES string of the molecule is CN=C(NCCc1c[nH]c2cc(C)ccc12)NCc1cccnc1N(C)C.I. The van der Waals surface area contributed by atoms with Crippen LogP contribution in [0.5, 0.6) is 0 Å². The molecule has 3 aromatic rings.